The van der Waals surface area contributed by atoms with Gasteiger partial charge in [0.15, 0.2) is 0 Å². The average Bonchev–Trinajstić information content (AvgIpc) is 2.86. The van der Waals surface area contributed by atoms with Gasteiger partial charge in [-0.1, -0.05) is 17.7 Å². The summed E-state index contributed by atoms with van der Waals surface area (Å²) in [6, 6.07) is 8.55. The highest BCUT2D eigenvalue weighted by molar-refractivity contribution is 6.31. The van der Waals surface area contributed by atoms with E-state index in [-0.39, 0.29) is 12.3 Å². The minimum absolute atomic E-state index is 0.122. The van der Waals surface area contributed by atoms with Crippen LogP contribution in [0.5, 0.6) is 5.88 Å². The summed E-state index contributed by atoms with van der Waals surface area (Å²) < 4.78 is 7.85. The summed E-state index contributed by atoms with van der Waals surface area (Å²) in [5.41, 5.74) is 0.745. The van der Waals surface area contributed by atoms with Crippen molar-refractivity contribution >= 4 is 11.6 Å². The Bertz CT molecular complexity index is 845. The molecule has 0 saturated heterocycles. The van der Waals surface area contributed by atoms with Gasteiger partial charge >= 0.3 is 5.69 Å². The highest BCUT2D eigenvalue weighted by atomic mass is 35.5. The zero-order valence-corrected chi connectivity index (χ0v) is 12.3. The van der Waals surface area contributed by atoms with Crippen molar-refractivity contribution < 1.29 is 4.74 Å². The van der Waals surface area contributed by atoms with Crippen molar-refractivity contribution in [1.29, 1.82) is 0 Å². The number of hydrogen-bond acceptors (Lipinski definition) is 6. The van der Waals surface area contributed by atoms with Gasteiger partial charge in [-0.15, -0.1) is 5.10 Å². The molecule has 8 nitrogen and oxygen atoms in total. The second-order valence-corrected chi connectivity index (χ2v) is 4.79. The first-order valence-corrected chi connectivity index (χ1v) is 6.72. The van der Waals surface area contributed by atoms with E-state index in [0.29, 0.717) is 22.2 Å². The Hall–Kier alpha value is -2.74. The molecule has 1 aromatic carbocycles. The second kappa shape index (κ2) is 5.94. The summed E-state index contributed by atoms with van der Waals surface area (Å²) in [6.45, 7) is 0.122. The average molecular weight is 319 g/mol. The third kappa shape index (κ3) is 2.68. The van der Waals surface area contributed by atoms with Gasteiger partial charge < -0.3 is 4.74 Å². The monoisotopic (exact) mass is 318 g/mol. The van der Waals surface area contributed by atoms with Crippen molar-refractivity contribution in [3.05, 3.63) is 57.6 Å². The van der Waals surface area contributed by atoms with Gasteiger partial charge in [-0.3, -0.25) is 0 Å². The van der Waals surface area contributed by atoms with Crippen LogP contribution in [0, 0.1) is 0 Å². The van der Waals surface area contributed by atoms with Gasteiger partial charge in [-0.25, -0.2) is 4.79 Å². The van der Waals surface area contributed by atoms with E-state index in [1.165, 1.54) is 11.7 Å². The molecule has 0 amide bonds. The Balaban J connectivity index is 1.97. The standard InChI is InChI=1S/C13H11ClN6O2/c1-19-13(21)20(18-17-19)11-5-2-4-10(14)9(11)8-22-12-6-3-7-15-16-12/h2-7H,8H2,1H3. The fourth-order valence-corrected chi connectivity index (χ4v) is 2.09. The van der Waals surface area contributed by atoms with Crippen LogP contribution < -0.4 is 10.4 Å². The predicted octanol–water partition coefficient (Wildman–Crippen LogP) is 0.988. The molecule has 0 bridgehead atoms. The first-order valence-electron chi connectivity index (χ1n) is 6.34. The van der Waals surface area contributed by atoms with Gasteiger partial charge in [0.1, 0.15) is 6.61 Å². The Kier molecular flexibility index (Phi) is 3.84. The van der Waals surface area contributed by atoms with E-state index < -0.39 is 0 Å². The van der Waals surface area contributed by atoms with Gasteiger partial charge in [0.05, 0.1) is 5.69 Å². The van der Waals surface area contributed by atoms with Gasteiger partial charge in [-0.05, 0) is 28.6 Å². The van der Waals surface area contributed by atoms with Gasteiger partial charge in [-0.2, -0.15) is 14.5 Å². The second-order valence-electron chi connectivity index (χ2n) is 4.38. The van der Waals surface area contributed by atoms with E-state index in [4.69, 9.17) is 16.3 Å². The largest absolute Gasteiger partial charge is 0.472 e. The maximum Gasteiger partial charge on any atom is 0.368 e. The Morgan fingerprint density at radius 2 is 2.09 bits per heavy atom. The van der Waals surface area contributed by atoms with E-state index in [2.05, 4.69) is 20.6 Å². The summed E-state index contributed by atoms with van der Waals surface area (Å²) in [4.78, 5) is 12.0. The molecule has 0 aliphatic rings. The van der Waals surface area contributed by atoms with E-state index in [9.17, 15) is 4.79 Å². The highest BCUT2D eigenvalue weighted by Crippen LogP contribution is 2.23. The topological polar surface area (TPSA) is 87.7 Å². The van der Waals surface area contributed by atoms with E-state index in [0.717, 1.165) is 4.68 Å². The molecule has 9 heteroatoms. The molecule has 0 radical (unpaired) electrons. The van der Waals surface area contributed by atoms with Crippen LogP contribution in [-0.4, -0.2) is 30.0 Å². The molecule has 0 fully saturated rings. The molecule has 112 valence electrons. The SMILES string of the molecule is Cn1nnn(-c2cccc(Cl)c2COc2cccnn2)c1=O. The maximum absolute atomic E-state index is 12.0. The minimum Gasteiger partial charge on any atom is -0.472 e. The lowest BCUT2D eigenvalue weighted by Gasteiger charge is -2.10. The number of halogens is 1. The fourth-order valence-electron chi connectivity index (χ4n) is 1.86. The normalized spacial score (nSPS) is 10.6. The first-order chi connectivity index (χ1) is 10.7. The van der Waals surface area contributed by atoms with Crippen molar-refractivity contribution in [2.24, 2.45) is 7.05 Å². The molecule has 0 N–H and O–H groups in total. The molecule has 2 aromatic heterocycles. The highest BCUT2D eigenvalue weighted by Gasteiger charge is 2.14. The molecular formula is C13H11ClN6O2. The number of benzene rings is 1. The third-order valence-corrected chi connectivity index (χ3v) is 3.31. The van der Waals surface area contributed by atoms with Crippen molar-refractivity contribution in [2.45, 2.75) is 6.61 Å². The maximum atomic E-state index is 12.0. The molecule has 3 aromatic rings. The quantitative estimate of drug-likeness (QED) is 0.713. The predicted molar refractivity (Wildman–Crippen MR) is 78.0 cm³/mol. The Morgan fingerprint density at radius 1 is 1.23 bits per heavy atom. The molecule has 0 spiro atoms. The summed E-state index contributed by atoms with van der Waals surface area (Å²) >= 11 is 6.22. The zero-order valence-electron chi connectivity index (χ0n) is 11.5. The van der Waals surface area contributed by atoms with E-state index in [1.807, 2.05) is 0 Å². The van der Waals surface area contributed by atoms with Crippen molar-refractivity contribution in [1.82, 2.24) is 30.0 Å². The molecule has 2 heterocycles. The lowest BCUT2D eigenvalue weighted by molar-refractivity contribution is 0.289. The Labute approximate surface area is 129 Å². The van der Waals surface area contributed by atoms with E-state index >= 15 is 0 Å². The van der Waals surface area contributed by atoms with Crippen LogP contribution in [0.4, 0.5) is 0 Å². The molecular weight excluding hydrogens is 308 g/mol. The summed E-state index contributed by atoms with van der Waals surface area (Å²) in [5.74, 6) is 0.361. The number of aromatic nitrogens is 6. The summed E-state index contributed by atoms with van der Waals surface area (Å²) in [7, 11) is 1.52. The molecule has 0 atom stereocenters. The summed E-state index contributed by atoms with van der Waals surface area (Å²) in [5, 5.41) is 15.5. The molecule has 3 rings (SSSR count). The molecule has 0 saturated carbocycles. The number of tetrazole rings is 1. The van der Waals surface area contributed by atoms with Crippen molar-refractivity contribution in [3.8, 4) is 11.6 Å². The number of ether oxygens (including phenoxy) is 1. The van der Waals surface area contributed by atoms with Gasteiger partial charge in [0.25, 0.3) is 0 Å². The molecule has 0 aliphatic carbocycles. The number of hydrogen-bond donors (Lipinski definition) is 0. The first kappa shape index (κ1) is 14.2. The molecule has 0 unspecified atom stereocenters. The van der Waals surface area contributed by atoms with Crippen LogP contribution in [0.2, 0.25) is 5.02 Å². The number of aryl methyl sites for hydroxylation is 1. The summed E-state index contributed by atoms with van der Waals surface area (Å²) in [6.07, 6.45) is 1.55. The van der Waals surface area contributed by atoms with Crippen LogP contribution in [-0.2, 0) is 13.7 Å². The third-order valence-electron chi connectivity index (χ3n) is 2.96. The minimum atomic E-state index is -0.372. The van der Waals surface area contributed by atoms with Crippen molar-refractivity contribution in [3.63, 3.8) is 0 Å². The number of rotatable bonds is 4. The lowest BCUT2D eigenvalue weighted by Crippen LogP contribution is -2.23. The molecule has 22 heavy (non-hydrogen) atoms. The van der Waals surface area contributed by atoms with Crippen molar-refractivity contribution in [2.75, 3.05) is 0 Å². The van der Waals surface area contributed by atoms with Crippen LogP contribution in [0.25, 0.3) is 5.69 Å². The number of nitrogens with zero attached hydrogens (tertiary/aromatic N) is 6. The van der Waals surface area contributed by atoms with Crippen LogP contribution in [0.1, 0.15) is 5.56 Å². The lowest BCUT2D eigenvalue weighted by atomic mass is 10.2. The van der Waals surface area contributed by atoms with E-state index in [1.54, 1.807) is 36.5 Å². The van der Waals surface area contributed by atoms with Gasteiger partial charge in [0.2, 0.25) is 5.88 Å². The molecule has 0 aliphatic heterocycles. The van der Waals surface area contributed by atoms with Crippen LogP contribution in [0.3, 0.4) is 0 Å². The Morgan fingerprint density at radius 3 is 2.77 bits per heavy atom. The smallest absolute Gasteiger partial charge is 0.368 e. The van der Waals surface area contributed by atoms with Gasteiger partial charge in [0, 0.05) is 29.9 Å². The fraction of sp³-hybridized carbons (Fsp3) is 0.154. The van der Waals surface area contributed by atoms with Crippen LogP contribution >= 0.6 is 11.6 Å². The zero-order chi connectivity index (χ0) is 15.5. The van der Waals surface area contributed by atoms with Crippen LogP contribution in [0.15, 0.2) is 41.3 Å².